The first kappa shape index (κ1) is 17.5. The van der Waals surface area contributed by atoms with Crippen LogP contribution in [0.4, 0.5) is 5.82 Å². The van der Waals surface area contributed by atoms with E-state index in [9.17, 15) is 14.9 Å². The van der Waals surface area contributed by atoms with E-state index in [4.69, 9.17) is 4.74 Å². The Hall–Kier alpha value is -3.87. The summed E-state index contributed by atoms with van der Waals surface area (Å²) < 4.78 is 5.21. The first-order valence-corrected chi connectivity index (χ1v) is 8.67. The minimum atomic E-state index is -0.595. The Kier molecular flexibility index (Phi) is 4.41. The molecular weight excluding hydrogens is 358 g/mol. The van der Waals surface area contributed by atoms with Gasteiger partial charge in [-0.15, -0.1) is 0 Å². The second kappa shape index (κ2) is 7.03. The van der Waals surface area contributed by atoms with E-state index < -0.39 is 10.4 Å². The molecule has 4 rings (SSSR count). The number of methoxy groups -OCH3 is 1. The van der Waals surface area contributed by atoms with Gasteiger partial charge in [0.1, 0.15) is 11.3 Å². The number of aromatic nitrogens is 2. The van der Waals surface area contributed by atoms with E-state index in [1.165, 1.54) is 0 Å². The molecule has 7 heteroatoms. The van der Waals surface area contributed by atoms with Gasteiger partial charge in [0.15, 0.2) is 5.52 Å². The lowest BCUT2D eigenvalue weighted by atomic mass is 10.0. The first-order valence-electron chi connectivity index (χ1n) is 8.67. The minimum Gasteiger partial charge on any atom is -0.497 e. The highest BCUT2D eigenvalue weighted by atomic mass is 16.6. The van der Waals surface area contributed by atoms with Crippen LogP contribution in [0.15, 0.2) is 65.5 Å². The summed E-state index contributed by atoms with van der Waals surface area (Å²) in [7, 11) is 1.59. The highest BCUT2D eigenvalue weighted by molar-refractivity contribution is 5.95. The lowest BCUT2D eigenvalue weighted by Crippen LogP contribution is -2.04. The van der Waals surface area contributed by atoms with E-state index in [0.29, 0.717) is 23.2 Å². The molecule has 2 aromatic heterocycles. The van der Waals surface area contributed by atoms with Crippen LogP contribution in [-0.4, -0.2) is 22.0 Å². The Morgan fingerprint density at radius 2 is 1.71 bits per heavy atom. The van der Waals surface area contributed by atoms with Crippen molar-refractivity contribution in [3.05, 3.63) is 92.3 Å². The molecule has 7 nitrogen and oxygen atoms in total. The van der Waals surface area contributed by atoms with E-state index in [-0.39, 0.29) is 5.82 Å². The number of H-pyrrole nitrogens is 2. The summed E-state index contributed by atoms with van der Waals surface area (Å²) in [4.78, 5) is 29.1. The molecule has 0 saturated heterocycles. The molecule has 2 aromatic carbocycles. The predicted molar refractivity (Wildman–Crippen MR) is 107 cm³/mol. The van der Waals surface area contributed by atoms with Crippen molar-refractivity contribution in [1.29, 1.82) is 0 Å². The van der Waals surface area contributed by atoms with Crippen LogP contribution in [0.25, 0.3) is 22.2 Å². The number of hydrogen-bond acceptors (Lipinski definition) is 4. The van der Waals surface area contributed by atoms with Gasteiger partial charge in [-0.3, -0.25) is 4.79 Å². The minimum absolute atomic E-state index is 0.322. The van der Waals surface area contributed by atoms with Crippen LogP contribution in [0.1, 0.15) is 11.3 Å². The van der Waals surface area contributed by atoms with E-state index in [2.05, 4.69) is 9.97 Å². The van der Waals surface area contributed by atoms with Gasteiger partial charge in [0.05, 0.1) is 18.7 Å². The summed E-state index contributed by atoms with van der Waals surface area (Å²) in [6.07, 6.45) is 0.554. The van der Waals surface area contributed by atoms with Gasteiger partial charge < -0.3 is 19.8 Å². The smallest absolute Gasteiger partial charge is 0.325 e. The van der Waals surface area contributed by atoms with Gasteiger partial charge in [-0.1, -0.05) is 42.5 Å². The summed E-state index contributed by atoms with van der Waals surface area (Å²) in [6.45, 7) is 0. The van der Waals surface area contributed by atoms with Crippen LogP contribution in [0.2, 0.25) is 0 Å². The third-order valence-corrected chi connectivity index (χ3v) is 4.64. The third kappa shape index (κ3) is 3.14. The van der Waals surface area contributed by atoms with Gasteiger partial charge in [-0.2, -0.15) is 0 Å². The topological polar surface area (TPSA) is 101 Å². The Balaban J connectivity index is 1.97. The molecule has 0 radical (unpaired) electrons. The average Bonchev–Trinajstić information content (AvgIpc) is 3.07. The van der Waals surface area contributed by atoms with Gasteiger partial charge in [-0.25, -0.2) is 4.98 Å². The third-order valence-electron chi connectivity index (χ3n) is 4.64. The summed E-state index contributed by atoms with van der Waals surface area (Å²) >= 11 is 0. The Morgan fingerprint density at radius 1 is 1.00 bits per heavy atom. The lowest BCUT2D eigenvalue weighted by Gasteiger charge is -2.06. The second-order valence-corrected chi connectivity index (χ2v) is 6.40. The van der Waals surface area contributed by atoms with E-state index >= 15 is 0 Å². The molecule has 0 aliphatic rings. The largest absolute Gasteiger partial charge is 0.497 e. The normalized spacial score (nSPS) is 10.9. The fraction of sp³-hybridized carbons (Fsp3) is 0.0952. The molecule has 0 saturated carbocycles. The van der Waals surface area contributed by atoms with Gasteiger partial charge in [-0.05, 0) is 28.2 Å². The van der Waals surface area contributed by atoms with Crippen LogP contribution in [0.3, 0.4) is 0 Å². The molecule has 4 aromatic rings. The van der Waals surface area contributed by atoms with Crippen molar-refractivity contribution in [2.45, 2.75) is 6.42 Å². The van der Waals surface area contributed by atoms with Crippen molar-refractivity contribution in [3.63, 3.8) is 0 Å². The molecular formula is C21H17N3O4. The summed E-state index contributed by atoms with van der Waals surface area (Å²) in [5.41, 5.74) is 3.76. The van der Waals surface area contributed by atoms with Gasteiger partial charge >= 0.3 is 5.82 Å². The molecule has 2 heterocycles. The number of nitro groups is 1. The number of fused-ring (bicyclic) bond motifs is 1. The van der Waals surface area contributed by atoms with Crippen LogP contribution < -0.4 is 10.2 Å². The SMILES string of the molecule is COc1ccc(-c2c(Cc3ccccc3)[nH]c3c(=O)cc([N+](=O)[O-])[nH]c23)cc1. The van der Waals surface area contributed by atoms with Crippen LogP contribution in [0.5, 0.6) is 5.75 Å². The first-order chi connectivity index (χ1) is 13.6. The highest BCUT2D eigenvalue weighted by Gasteiger charge is 2.21. The molecule has 0 atom stereocenters. The van der Waals surface area contributed by atoms with Crippen molar-refractivity contribution in [2.24, 2.45) is 0 Å². The molecule has 28 heavy (non-hydrogen) atoms. The van der Waals surface area contributed by atoms with Crippen molar-refractivity contribution >= 4 is 16.9 Å². The lowest BCUT2D eigenvalue weighted by molar-refractivity contribution is -0.389. The molecule has 0 spiro atoms. The maximum atomic E-state index is 12.5. The highest BCUT2D eigenvalue weighted by Crippen LogP contribution is 2.33. The molecule has 2 N–H and O–H groups in total. The predicted octanol–water partition coefficient (Wildman–Crippen LogP) is 4.03. The number of aromatic amines is 2. The maximum absolute atomic E-state index is 12.5. The van der Waals surface area contributed by atoms with Crippen LogP contribution in [0, 0.1) is 10.1 Å². The maximum Gasteiger partial charge on any atom is 0.325 e. The molecule has 0 amide bonds. The zero-order valence-electron chi connectivity index (χ0n) is 15.1. The quantitative estimate of drug-likeness (QED) is 0.406. The van der Waals surface area contributed by atoms with E-state index in [1.54, 1.807) is 7.11 Å². The second-order valence-electron chi connectivity index (χ2n) is 6.40. The number of hydrogen-bond donors (Lipinski definition) is 2. The monoisotopic (exact) mass is 375 g/mol. The summed E-state index contributed by atoms with van der Waals surface area (Å²) in [5, 5.41) is 11.2. The zero-order chi connectivity index (χ0) is 19.7. The van der Waals surface area contributed by atoms with Crippen molar-refractivity contribution in [3.8, 4) is 16.9 Å². The van der Waals surface area contributed by atoms with E-state index in [1.807, 2.05) is 54.6 Å². The van der Waals surface area contributed by atoms with Crippen LogP contribution >= 0.6 is 0 Å². The number of ether oxygens (including phenoxy) is 1. The molecule has 140 valence electrons. The van der Waals surface area contributed by atoms with Crippen molar-refractivity contribution in [2.75, 3.05) is 7.11 Å². The Morgan fingerprint density at radius 3 is 2.36 bits per heavy atom. The van der Waals surface area contributed by atoms with Crippen molar-refractivity contribution in [1.82, 2.24) is 9.97 Å². The van der Waals surface area contributed by atoms with Crippen LogP contribution in [-0.2, 0) is 6.42 Å². The number of pyridine rings is 1. The molecule has 0 aliphatic heterocycles. The number of nitrogens with one attached hydrogen (secondary N) is 2. The number of rotatable bonds is 5. The van der Waals surface area contributed by atoms with Gasteiger partial charge in [0, 0.05) is 12.1 Å². The zero-order valence-corrected chi connectivity index (χ0v) is 15.1. The van der Waals surface area contributed by atoms with E-state index in [0.717, 1.165) is 28.5 Å². The van der Waals surface area contributed by atoms with Gasteiger partial charge in [0.2, 0.25) is 5.43 Å². The molecule has 0 unspecified atom stereocenters. The van der Waals surface area contributed by atoms with Crippen molar-refractivity contribution < 1.29 is 9.66 Å². The Bertz CT molecular complexity index is 1210. The molecule has 0 aliphatic carbocycles. The fourth-order valence-electron chi connectivity index (χ4n) is 3.33. The summed E-state index contributed by atoms with van der Waals surface area (Å²) in [6, 6.07) is 18.2. The standard InChI is InChI=1S/C21H17N3O4/c1-28-15-9-7-14(8-10-15)19-16(11-13-5-3-2-4-6-13)22-20-17(25)12-18(24(26)27)23-21(19)20/h2-10,12,22H,11H2,1H3,(H,23,25). The number of nitrogens with zero attached hydrogens (tertiary/aromatic N) is 1. The Labute approximate surface area is 159 Å². The fourth-order valence-corrected chi connectivity index (χ4v) is 3.33. The molecule has 0 bridgehead atoms. The van der Waals surface area contributed by atoms with Gasteiger partial charge in [0.25, 0.3) is 0 Å². The average molecular weight is 375 g/mol. The summed E-state index contributed by atoms with van der Waals surface area (Å²) in [5.74, 6) is 0.366. The number of benzene rings is 2. The molecule has 0 fully saturated rings.